The average Bonchev–Trinajstić information content (AvgIpc) is 3.23. The molecule has 0 aliphatic carbocycles. The lowest BCUT2D eigenvalue weighted by Crippen LogP contribution is -2.35. The summed E-state index contributed by atoms with van der Waals surface area (Å²) in [4.78, 5) is 16.1. The number of amides is 1. The van der Waals surface area contributed by atoms with Crippen LogP contribution in [0.15, 0.2) is 59.1 Å². The first-order valence-electron chi connectivity index (χ1n) is 9.67. The second kappa shape index (κ2) is 10.5. The smallest absolute Gasteiger partial charge is 0.416 e. The molecule has 10 heteroatoms. The highest BCUT2D eigenvalue weighted by Crippen LogP contribution is 2.30. The topological polar surface area (TPSA) is 84.6 Å². The number of oxazole rings is 1. The molecule has 0 radical (unpaired) electrons. The van der Waals surface area contributed by atoms with Gasteiger partial charge < -0.3 is 19.6 Å². The van der Waals surface area contributed by atoms with Gasteiger partial charge in [0, 0.05) is 24.9 Å². The zero-order valence-corrected chi connectivity index (χ0v) is 17.5. The molecule has 2 N–H and O–H groups in total. The van der Waals surface area contributed by atoms with Crippen LogP contribution in [-0.2, 0) is 17.4 Å². The van der Waals surface area contributed by atoms with Crippen molar-refractivity contribution >= 4 is 17.5 Å². The number of carbonyl (C=O) groups is 1. The average molecular weight is 469 g/mol. The summed E-state index contributed by atoms with van der Waals surface area (Å²) in [5, 5.41) is 13.0. The van der Waals surface area contributed by atoms with Crippen molar-refractivity contribution in [1.82, 2.24) is 10.3 Å². The number of ether oxygens (including phenoxy) is 1. The molecular formula is C22H20ClF3N2O4. The highest BCUT2D eigenvalue weighted by molar-refractivity contribution is 6.33. The minimum atomic E-state index is -4.43. The van der Waals surface area contributed by atoms with Crippen molar-refractivity contribution in [3.8, 4) is 17.1 Å². The molecule has 0 saturated heterocycles. The summed E-state index contributed by atoms with van der Waals surface area (Å²) in [5.74, 6) is 0.737. The van der Waals surface area contributed by atoms with Gasteiger partial charge in [-0.2, -0.15) is 13.2 Å². The number of rotatable bonds is 9. The van der Waals surface area contributed by atoms with Crippen LogP contribution in [0.2, 0.25) is 5.02 Å². The van der Waals surface area contributed by atoms with E-state index < -0.39 is 17.8 Å². The van der Waals surface area contributed by atoms with Crippen molar-refractivity contribution in [1.29, 1.82) is 0 Å². The third-order valence-corrected chi connectivity index (χ3v) is 4.75. The Morgan fingerprint density at radius 1 is 1.19 bits per heavy atom. The van der Waals surface area contributed by atoms with Gasteiger partial charge in [-0.3, -0.25) is 4.79 Å². The Morgan fingerprint density at radius 3 is 2.59 bits per heavy atom. The second-order valence-electron chi connectivity index (χ2n) is 6.89. The number of aromatic nitrogens is 1. The second-order valence-corrected chi connectivity index (χ2v) is 7.30. The van der Waals surface area contributed by atoms with Gasteiger partial charge in [0.2, 0.25) is 5.91 Å². The lowest BCUT2D eigenvalue weighted by molar-refractivity contribution is -0.137. The third kappa shape index (κ3) is 6.73. The van der Waals surface area contributed by atoms with E-state index in [-0.39, 0.29) is 37.6 Å². The van der Waals surface area contributed by atoms with E-state index >= 15 is 0 Å². The summed E-state index contributed by atoms with van der Waals surface area (Å²) in [6.07, 6.45) is -3.57. The first-order valence-corrected chi connectivity index (χ1v) is 10.0. The van der Waals surface area contributed by atoms with Crippen LogP contribution in [0.1, 0.15) is 17.9 Å². The predicted molar refractivity (Wildman–Crippen MR) is 111 cm³/mol. The minimum Gasteiger partial charge on any atom is -0.491 e. The highest BCUT2D eigenvalue weighted by atomic mass is 35.5. The van der Waals surface area contributed by atoms with E-state index in [0.29, 0.717) is 22.2 Å². The van der Waals surface area contributed by atoms with E-state index in [0.717, 1.165) is 12.1 Å². The predicted octanol–water partition coefficient (Wildman–Crippen LogP) is 4.50. The number of hydrogen-bond acceptors (Lipinski definition) is 5. The summed E-state index contributed by atoms with van der Waals surface area (Å²) in [7, 11) is 0. The molecule has 3 rings (SSSR count). The van der Waals surface area contributed by atoms with Crippen LogP contribution < -0.4 is 10.1 Å². The molecule has 1 amide bonds. The molecule has 2 aromatic carbocycles. The number of aliphatic hydroxyl groups is 1. The van der Waals surface area contributed by atoms with Crippen molar-refractivity contribution < 1.29 is 32.2 Å². The molecule has 0 fully saturated rings. The zero-order valence-electron chi connectivity index (χ0n) is 16.7. The Hall–Kier alpha value is -3.04. The molecular weight excluding hydrogens is 449 g/mol. The maximum Gasteiger partial charge on any atom is 0.416 e. The lowest BCUT2D eigenvalue weighted by Gasteiger charge is -2.14. The van der Waals surface area contributed by atoms with Crippen LogP contribution in [0, 0.1) is 0 Å². The van der Waals surface area contributed by atoms with Crippen molar-refractivity contribution in [3.63, 3.8) is 0 Å². The number of carbonyl (C=O) groups excluding carboxylic acids is 1. The fourth-order valence-electron chi connectivity index (χ4n) is 2.74. The molecule has 1 atom stereocenters. The van der Waals surface area contributed by atoms with E-state index in [2.05, 4.69) is 10.3 Å². The van der Waals surface area contributed by atoms with E-state index in [9.17, 15) is 23.1 Å². The van der Waals surface area contributed by atoms with Gasteiger partial charge in [0.15, 0.2) is 11.7 Å². The highest BCUT2D eigenvalue weighted by Gasteiger charge is 2.30. The van der Waals surface area contributed by atoms with Gasteiger partial charge in [-0.05, 0) is 36.4 Å². The summed E-state index contributed by atoms with van der Waals surface area (Å²) >= 11 is 6.13. The normalized spacial score (nSPS) is 12.4. The maximum absolute atomic E-state index is 12.5. The lowest BCUT2D eigenvalue weighted by atomic mass is 10.2. The van der Waals surface area contributed by atoms with Crippen molar-refractivity contribution in [3.05, 3.63) is 71.2 Å². The standard InChI is InChI=1S/C22H20ClF3N2O4/c23-18-4-2-1-3-17(18)19-12-28-21(32-19)10-9-20(30)27-11-15(29)13-31-16-7-5-14(6-8-16)22(24,25)26/h1-8,12,15,29H,9-11,13H2,(H,27,30). The number of benzene rings is 2. The molecule has 32 heavy (non-hydrogen) atoms. The summed E-state index contributed by atoms with van der Waals surface area (Å²) < 4.78 is 48.5. The van der Waals surface area contributed by atoms with Crippen LogP contribution in [0.3, 0.4) is 0 Å². The van der Waals surface area contributed by atoms with Gasteiger partial charge in [0.1, 0.15) is 18.5 Å². The number of nitrogens with zero attached hydrogens (tertiary/aromatic N) is 1. The van der Waals surface area contributed by atoms with Crippen LogP contribution in [0.5, 0.6) is 5.75 Å². The molecule has 1 heterocycles. The first-order chi connectivity index (χ1) is 15.2. The third-order valence-electron chi connectivity index (χ3n) is 4.42. The van der Waals surface area contributed by atoms with E-state index in [4.69, 9.17) is 20.8 Å². The molecule has 0 spiro atoms. The Bertz CT molecular complexity index is 1040. The summed E-state index contributed by atoms with van der Waals surface area (Å²) in [6, 6.07) is 11.3. The summed E-state index contributed by atoms with van der Waals surface area (Å²) in [6.45, 7) is -0.261. The number of alkyl halides is 3. The molecule has 6 nitrogen and oxygen atoms in total. The Balaban J connectivity index is 1.38. The Kier molecular flexibility index (Phi) is 7.76. The van der Waals surface area contributed by atoms with Crippen molar-refractivity contribution in [2.75, 3.05) is 13.2 Å². The van der Waals surface area contributed by atoms with Gasteiger partial charge in [-0.25, -0.2) is 4.98 Å². The van der Waals surface area contributed by atoms with Crippen molar-refractivity contribution in [2.45, 2.75) is 25.1 Å². The zero-order chi connectivity index (χ0) is 23.1. The van der Waals surface area contributed by atoms with E-state index in [1.165, 1.54) is 18.3 Å². The largest absolute Gasteiger partial charge is 0.491 e. The summed E-state index contributed by atoms with van der Waals surface area (Å²) in [5.41, 5.74) is -0.0868. The molecule has 0 aliphatic heterocycles. The quantitative estimate of drug-likeness (QED) is 0.483. The van der Waals surface area contributed by atoms with E-state index in [1.807, 2.05) is 6.07 Å². The number of aliphatic hydroxyl groups excluding tert-OH is 1. The molecule has 0 saturated carbocycles. The van der Waals surface area contributed by atoms with Gasteiger partial charge in [0.05, 0.1) is 16.8 Å². The van der Waals surface area contributed by atoms with Gasteiger partial charge >= 0.3 is 6.18 Å². The van der Waals surface area contributed by atoms with Gasteiger partial charge in [-0.15, -0.1) is 0 Å². The van der Waals surface area contributed by atoms with Crippen molar-refractivity contribution in [2.24, 2.45) is 0 Å². The van der Waals surface area contributed by atoms with Gasteiger partial charge in [0.25, 0.3) is 0 Å². The molecule has 0 bridgehead atoms. The van der Waals surface area contributed by atoms with Gasteiger partial charge in [-0.1, -0.05) is 23.7 Å². The molecule has 170 valence electrons. The number of hydrogen-bond donors (Lipinski definition) is 2. The van der Waals surface area contributed by atoms with Crippen LogP contribution in [-0.4, -0.2) is 35.3 Å². The Morgan fingerprint density at radius 2 is 1.91 bits per heavy atom. The molecule has 3 aromatic rings. The van der Waals surface area contributed by atoms with Crippen LogP contribution in [0.25, 0.3) is 11.3 Å². The number of nitrogens with one attached hydrogen (secondary N) is 1. The minimum absolute atomic E-state index is 0.0735. The molecule has 1 unspecified atom stereocenters. The monoisotopic (exact) mass is 468 g/mol. The first kappa shape index (κ1) is 23.6. The van der Waals surface area contributed by atoms with Crippen LogP contribution in [0.4, 0.5) is 13.2 Å². The fraction of sp³-hybridized carbons (Fsp3) is 0.273. The molecule has 0 aliphatic rings. The fourth-order valence-corrected chi connectivity index (χ4v) is 2.97. The maximum atomic E-state index is 12.5. The SMILES string of the molecule is O=C(CCc1ncc(-c2ccccc2Cl)o1)NCC(O)COc1ccc(C(F)(F)F)cc1. The van der Waals surface area contributed by atoms with E-state index in [1.54, 1.807) is 18.2 Å². The number of aryl methyl sites for hydroxylation is 1. The van der Waals surface area contributed by atoms with Crippen LogP contribution >= 0.6 is 11.6 Å². The Labute approximate surface area is 187 Å². The number of halogens is 4. The molecule has 1 aromatic heterocycles.